The van der Waals surface area contributed by atoms with Gasteiger partial charge in [-0.3, -0.25) is 0 Å². The Morgan fingerprint density at radius 3 is 2.76 bits per heavy atom. The molecular formula is C10H9F3N2OS. The molecule has 0 saturated carbocycles. The largest absolute Gasteiger partial charge is 0.467 e. The molecular weight excluding hydrogens is 253 g/mol. The SMILES string of the molecule is CC(Nc1ncc(C(F)(F)F)s1)c1ccco1. The molecule has 0 fully saturated rings. The van der Waals surface area contributed by atoms with E-state index in [-0.39, 0.29) is 11.2 Å². The quantitative estimate of drug-likeness (QED) is 0.910. The number of nitrogens with one attached hydrogen (secondary N) is 1. The van der Waals surface area contributed by atoms with E-state index in [2.05, 4.69) is 10.3 Å². The number of thiazole rings is 1. The minimum atomic E-state index is -4.34. The van der Waals surface area contributed by atoms with E-state index in [4.69, 9.17) is 4.42 Å². The van der Waals surface area contributed by atoms with E-state index in [1.54, 1.807) is 19.1 Å². The molecule has 17 heavy (non-hydrogen) atoms. The van der Waals surface area contributed by atoms with Crippen molar-refractivity contribution < 1.29 is 17.6 Å². The standard InChI is InChI=1S/C10H9F3N2OS/c1-6(7-3-2-4-16-7)15-9-14-5-8(17-9)10(11,12)13/h2-6H,1H3,(H,14,15). The van der Waals surface area contributed by atoms with Crippen LogP contribution in [0.4, 0.5) is 18.3 Å². The third-order valence-corrected chi connectivity index (χ3v) is 3.07. The summed E-state index contributed by atoms with van der Waals surface area (Å²) in [4.78, 5) is 2.96. The zero-order valence-corrected chi connectivity index (χ0v) is 9.60. The average Bonchev–Trinajstić information content (AvgIpc) is 2.85. The monoisotopic (exact) mass is 262 g/mol. The summed E-state index contributed by atoms with van der Waals surface area (Å²) >= 11 is 0.577. The molecule has 3 nitrogen and oxygen atoms in total. The van der Waals surface area contributed by atoms with Crippen LogP contribution < -0.4 is 5.32 Å². The van der Waals surface area contributed by atoms with E-state index in [9.17, 15) is 13.2 Å². The van der Waals surface area contributed by atoms with Gasteiger partial charge < -0.3 is 9.73 Å². The summed E-state index contributed by atoms with van der Waals surface area (Å²) < 4.78 is 42.1. The molecule has 0 saturated heterocycles. The van der Waals surface area contributed by atoms with Gasteiger partial charge in [-0.15, -0.1) is 0 Å². The molecule has 92 valence electrons. The summed E-state index contributed by atoms with van der Waals surface area (Å²) in [6, 6.07) is 3.24. The molecule has 0 amide bonds. The maximum absolute atomic E-state index is 12.3. The topological polar surface area (TPSA) is 38.1 Å². The van der Waals surface area contributed by atoms with Crippen molar-refractivity contribution in [1.82, 2.24) is 4.98 Å². The van der Waals surface area contributed by atoms with Crippen LogP contribution in [0.2, 0.25) is 0 Å². The summed E-state index contributed by atoms with van der Waals surface area (Å²) in [5.41, 5.74) is 0. The van der Waals surface area contributed by atoms with Gasteiger partial charge in [0.2, 0.25) is 0 Å². The summed E-state index contributed by atoms with van der Waals surface area (Å²) in [6.45, 7) is 1.79. The third-order valence-electron chi connectivity index (χ3n) is 2.10. The van der Waals surface area contributed by atoms with Crippen LogP contribution in [0.15, 0.2) is 29.0 Å². The van der Waals surface area contributed by atoms with Crippen LogP contribution in [0.5, 0.6) is 0 Å². The lowest BCUT2D eigenvalue weighted by Crippen LogP contribution is -2.04. The molecule has 0 bridgehead atoms. The number of halogens is 3. The Hall–Kier alpha value is -1.50. The maximum atomic E-state index is 12.3. The molecule has 1 unspecified atom stereocenters. The van der Waals surface area contributed by atoms with Gasteiger partial charge in [0, 0.05) is 0 Å². The Bertz CT molecular complexity index is 478. The van der Waals surface area contributed by atoms with E-state index in [0.717, 1.165) is 6.20 Å². The second-order valence-electron chi connectivity index (χ2n) is 3.41. The summed E-state index contributed by atoms with van der Waals surface area (Å²) in [6.07, 6.45) is -2.01. The number of hydrogen-bond donors (Lipinski definition) is 1. The second-order valence-corrected chi connectivity index (χ2v) is 4.44. The number of furan rings is 1. The molecule has 1 atom stereocenters. The highest BCUT2D eigenvalue weighted by atomic mass is 32.1. The molecule has 0 spiro atoms. The lowest BCUT2D eigenvalue weighted by molar-refractivity contribution is -0.134. The van der Waals surface area contributed by atoms with Crippen molar-refractivity contribution >= 4 is 16.5 Å². The average molecular weight is 262 g/mol. The molecule has 0 aromatic carbocycles. The fourth-order valence-corrected chi connectivity index (χ4v) is 2.04. The molecule has 2 rings (SSSR count). The van der Waals surface area contributed by atoms with Gasteiger partial charge in [0.1, 0.15) is 10.6 Å². The molecule has 7 heteroatoms. The van der Waals surface area contributed by atoms with Gasteiger partial charge in [-0.1, -0.05) is 11.3 Å². The van der Waals surface area contributed by atoms with Crippen LogP contribution >= 0.6 is 11.3 Å². The first kappa shape index (κ1) is 12.0. The molecule has 2 aromatic heterocycles. The second kappa shape index (κ2) is 4.40. The van der Waals surface area contributed by atoms with Crippen LogP contribution in [0.25, 0.3) is 0 Å². The predicted octanol–water partition coefficient (Wildman–Crippen LogP) is 3.93. The minimum Gasteiger partial charge on any atom is -0.467 e. The summed E-state index contributed by atoms with van der Waals surface area (Å²) in [5, 5.41) is 3.07. The van der Waals surface area contributed by atoms with Crippen molar-refractivity contribution in [3.63, 3.8) is 0 Å². The third kappa shape index (κ3) is 2.79. The van der Waals surface area contributed by atoms with E-state index in [1.807, 2.05) is 0 Å². The number of rotatable bonds is 3. The van der Waals surface area contributed by atoms with Crippen molar-refractivity contribution in [2.45, 2.75) is 19.1 Å². The van der Waals surface area contributed by atoms with Gasteiger partial charge in [0.05, 0.1) is 18.5 Å². The van der Waals surface area contributed by atoms with E-state index in [0.29, 0.717) is 17.1 Å². The molecule has 2 heterocycles. The first-order valence-electron chi connectivity index (χ1n) is 4.80. The number of alkyl halides is 3. The van der Waals surface area contributed by atoms with Crippen LogP contribution in [0.3, 0.4) is 0 Å². The van der Waals surface area contributed by atoms with Crippen molar-refractivity contribution in [3.05, 3.63) is 35.2 Å². The van der Waals surface area contributed by atoms with Crippen molar-refractivity contribution in [2.75, 3.05) is 5.32 Å². The zero-order valence-electron chi connectivity index (χ0n) is 8.78. The highest BCUT2D eigenvalue weighted by Gasteiger charge is 2.33. The predicted molar refractivity (Wildman–Crippen MR) is 57.9 cm³/mol. The molecule has 2 aromatic rings. The Morgan fingerprint density at radius 1 is 1.47 bits per heavy atom. The molecule has 1 N–H and O–H groups in total. The van der Waals surface area contributed by atoms with E-state index >= 15 is 0 Å². The van der Waals surface area contributed by atoms with Crippen LogP contribution in [0.1, 0.15) is 23.6 Å². The number of anilines is 1. The Morgan fingerprint density at radius 2 is 2.24 bits per heavy atom. The Balaban J connectivity index is 2.07. The van der Waals surface area contributed by atoms with Gasteiger partial charge in [-0.2, -0.15) is 13.2 Å². The molecule has 0 aliphatic heterocycles. The van der Waals surface area contributed by atoms with E-state index in [1.165, 1.54) is 6.26 Å². The van der Waals surface area contributed by atoms with Gasteiger partial charge in [0.25, 0.3) is 0 Å². The first-order valence-corrected chi connectivity index (χ1v) is 5.61. The number of nitrogens with zero attached hydrogens (tertiary/aromatic N) is 1. The van der Waals surface area contributed by atoms with Gasteiger partial charge >= 0.3 is 6.18 Å². The highest BCUT2D eigenvalue weighted by molar-refractivity contribution is 7.15. The van der Waals surface area contributed by atoms with Gasteiger partial charge in [-0.05, 0) is 19.1 Å². The maximum Gasteiger partial charge on any atom is 0.427 e. The Labute approximate surface area is 99.3 Å². The smallest absolute Gasteiger partial charge is 0.427 e. The van der Waals surface area contributed by atoms with Crippen LogP contribution in [-0.4, -0.2) is 4.98 Å². The molecule has 0 radical (unpaired) electrons. The highest BCUT2D eigenvalue weighted by Crippen LogP contribution is 2.35. The first-order chi connectivity index (χ1) is 7.97. The van der Waals surface area contributed by atoms with Gasteiger partial charge in [-0.25, -0.2) is 4.98 Å². The Kier molecular flexibility index (Phi) is 3.10. The molecule has 0 aliphatic rings. The van der Waals surface area contributed by atoms with Crippen LogP contribution in [-0.2, 0) is 6.18 Å². The zero-order chi connectivity index (χ0) is 12.5. The van der Waals surface area contributed by atoms with Crippen molar-refractivity contribution in [2.24, 2.45) is 0 Å². The fraction of sp³-hybridized carbons (Fsp3) is 0.300. The lowest BCUT2D eigenvalue weighted by Gasteiger charge is -2.09. The molecule has 0 aliphatic carbocycles. The minimum absolute atomic E-state index is 0.223. The van der Waals surface area contributed by atoms with Crippen LogP contribution in [0, 0.1) is 0 Å². The summed E-state index contributed by atoms with van der Waals surface area (Å²) in [5.74, 6) is 0.647. The lowest BCUT2D eigenvalue weighted by atomic mass is 10.3. The number of aromatic nitrogens is 1. The van der Waals surface area contributed by atoms with Crippen molar-refractivity contribution in [1.29, 1.82) is 0 Å². The summed E-state index contributed by atoms with van der Waals surface area (Å²) in [7, 11) is 0. The van der Waals surface area contributed by atoms with Gasteiger partial charge in [0.15, 0.2) is 5.13 Å². The normalized spacial score (nSPS) is 13.6. The number of hydrogen-bond acceptors (Lipinski definition) is 4. The van der Waals surface area contributed by atoms with Crippen molar-refractivity contribution in [3.8, 4) is 0 Å². The fourth-order valence-electron chi connectivity index (χ4n) is 1.27. The van der Waals surface area contributed by atoms with E-state index < -0.39 is 11.1 Å².